The van der Waals surface area contributed by atoms with E-state index in [2.05, 4.69) is 55.3 Å². The van der Waals surface area contributed by atoms with Crippen LogP contribution in [0.3, 0.4) is 0 Å². The predicted octanol–water partition coefficient (Wildman–Crippen LogP) is 3.46. The van der Waals surface area contributed by atoms with Crippen LogP contribution in [0.25, 0.3) is 0 Å². The van der Waals surface area contributed by atoms with Gasteiger partial charge in [-0.3, -0.25) is 4.90 Å². The van der Waals surface area contributed by atoms with E-state index in [4.69, 9.17) is 0 Å². The molecule has 0 aliphatic carbocycles. The van der Waals surface area contributed by atoms with Crippen LogP contribution in [-0.2, 0) is 13.0 Å². The molecule has 1 aromatic rings. The van der Waals surface area contributed by atoms with E-state index in [1.807, 2.05) is 0 Å². The highest BCUT2D eigenvalue weighted by atomic mass is 15.1. The molecule has 1 saturated heterocycles. The number of hydrogen-bond acceptors (Lipinski definition) is 2. The van der Waals surface area contributed by atoms with Gasteiger partial charge in [-0.15, -0.1) is 0 Å². The van der Waals surface area contributed by atoms with Crippen LogP contribution in [0, 0.1) is 5.92 Å². The highest BCUT2D eigenvalue weighted by Crippen LogP contribution is 2.17. The number of nitrogens with one attached hydrogen (secondary N) is 1. The Kier molecular flexibility index (Phi) is 6.06. The van der Waals surface area contributed by atoms with Crippen molar-refractivity contribution >= 4 is 0 Å². The second kappa shape index (κ2) is 7.80. The minimum atomic E-state index is 0.621. The third kappa shape index (κ3) is 4.60. The van der Waals surface area contributed by atoms with E-state index < -0.39 is 0 Å². The van der Waals surface area contributed by atoms with Crippen molar-refractivity contribution in [1.82, 2.24) is 10.2 Å². The van der Waals surface area contributed by atoms with Crippen LogP contribution in [0.1, 0.15) is 44.7 Å². The maximum absolute atomic E-state index is 3.46. The Hall–Kier alpha value is -0.860. The lowest BCUT2D eigenvalue weighted by atomic mass is 9.96. The Balaban J connectivity index is 1.93. The molecule has 0 spiro atoms. The lowest BCUT2D eigenvalue weighted by Crippen LogP contribution is -2.39. The fourth-order valence-electron chi connectivity index (χ4n) is 2.97. The van der Waals surface area contributed by atoms with Gasteiger partial charge >= 0.3 is 0 Å². The summed E-state index contributed by atoms with van der Waals surface area (Å²) in [6, 6.07) is 9.78. The molecule has 0 radical (unpaired) electrons. The zero-order chi connectivity index (χ0) is 14.4. The van der Waals surface area contributed by atoms with Crippen molar-refractivity contribution in [1.29, 1.82) is 0 Å². The van der Waals surface area contributed by atoms with Crippen LogP contribution in [0.2, 0.25) is 0 Å². The summed E-state index contributed by atoms with van der Waals surface area (Å²) in [5.41, 5.74) is 2.88. The molecule has 1 aromatic carbocycles. The summed E-state index contributed by atoms with van der Waals surface area (Å²) in [6.45, 7) is 11.6. The van der Waals surface area contributed by atoms with Crippen molar-refractivity contribution < 1.29 is 0 Å². The van der Waals surface area contributed by atoms with E-state index in [0.29, 0.717) is 6.04 Å². The molecule has 0 unspecified atom stereocenters. The normalized spacial score (nSPS) is 17.1. The molecule has 1 N–H and O–H groups in total. The maximum Gasteiger partial charge on any atom is 0.0236 e. The number of piperidine rings is 1. The fraction of sp³-hybridized carbons (Fsp3) is 0.667. The molecular weight excluding hydrogens is 244 g/mol. The number of aryl methyl sites for hydroxylation is 1. The van der Waals surface area contributed by atoms with Crippen LogP contribution in [-0.4, -0.2) is 30.6 Å². The molecule has 1 fully saturated rings. The zero-order valence-electron chi connectivity index (χ0n) is 13.4. The van der Waals surface area contributed by atoms with Crippen molar-refractivity contribution in [3.05, 3.63) is 35.4 Å². The van der Waals surface area contributed by atoms with E-state index in [1.165, 1.54) is 43.6 Å². The van der Waals surface area contributed by atoms with E-state index in [1.54, 1.807) is 0 Å². The van der Waals surface area contributed by atoms with Gasteiger partial charge in [0.2, 0.25) is 0 Å². The van der Waals surface area contributed by atoms with Crippen LogP contribution in [0.5, 0.6) is 0 Å². The molecule has 20 heavy (non-hydrogen) atoms. The minimum absolute atomic E-state index is 0.621. The standard InChI is InChI=1S/C18H30N2/c1-4-16-5-7-17(8-6-16)13-20(15(2)3)14-18-9-11-19-12-10-18/h5-8,15,18-19H,4,9-14H2,1-3H3. The van der Waals surface area contributed by atoms with E-state index >= 15 is 0 Å². The average molecular weight is 274 g/mol. The molecule has 2 heteroatoms. The number of hydrogen-bond donors (Lipinski definition) is 1. The molecule has 0 bridgehead atoms. The van der Waals surface area contributed by atoms with Gasteiger partial charge in [-0.05, 0) is 63.2 Å². The largest absolute Gasteiger partial charge is 0.317 e. The fourth-order valence-corrected chi connectivity index (χ4v) is 2.97. The Morgan fingerprint density at radius 3 is 2.25 bits per heavy atom. The third-order valence-electron chi connectivity index (χ3n) is 4.50. The Bertz CT molecular complexity index is 377. The van der Waals surface area contributed by atoms with E-state index in [0.717, 1.165) is 18.9 Å². The van der Waals surface area contributed by atoms with Crippen molar-refractivity contribution in [2.45, 2.75) is 52.6 Å². The van der Waals surface area contributed by atoms with Gasteiger partial charge in [0.15, 0.2) is 0 Å². The predicted molar refractivity (Wildman–Crippen MR) is 87.0 cm³/mol. The maximum atomic E-state index is 3.46. The SMILES string of the molecule is CCc1ccc(CN(CC2CCNCC2)C(C)C)cc1. The Labute approximate surface area is 124 Å². The Morgan fingerprint density at radius 2 is 1.70 bits per heavy atom. The average Bonchev–Trinajstić information content (AvgIpc) is 2.48. The molecule has 1 aliphatic heterocycles. The lowest BCUT2D eigenvalue weighted by molar-refractivity contribution is 0.162. The third-order valence-corrected chi connectivity index (χ3v) is 4.50. The molecule has 0 amide bonds. The number of rotatable bonds is 6. The lowest BCUT2D eigenvalue weighted by Gasteiger charge is -2.32. The van der Waals surface area contributed by atoms with Crippen LogP contribution >= 0.6 is 0 Å². The van der Waals surface area contributed by atoms with Gasteiger partial charge < -0.3 is 5.32 Å². The van der Waals surface area contributed by atoms with Gasteiger partial charge in [0.1, 0.15) is 0 Å². The molecule has 0 atom stereocenters. The summed E-state index contributed by atoms with van der Waals surface area (Å²) in [6.07, 6.45) is 3.79. The first kappa shape index (κ1) is 15.5. The molecule has 2 nitrogen and oxygen atoms in total. The summed E-state index contributed by atoms with van der Waals surface area (Å²) >= 11 is 0. The summed E-state index contributed by atoms with van der Waals surface area (Å²) in [5, 5.41) is 3.46. The van der Waals surface area contributed by atoms with Gasteiger partial charge in [-0.2, -0.15) is 0 Å². The van der Waals surface area contributed by atoms with Crippen LogP contribution < -0.4 is 5.32 Å². The topological polar surface area (TPSA) is 15.3 Å². The first-order chi connectivity index (χ1) is 9.69. The first-order valence-corrected chi connectivity index (χ1v) is 8.21. The van der Waals surface area contributed by atoms with Gasteiger partial charge in [0, 0.05) is 19.1 Å². The monoisotopic (exact) mass is 274 g/mol. The second-order valence-electron chi connectivity index (χ2n) is 6.39. The molecule has 1 aliphatic rings. The minimum Gasteiger partial charge on any atom is -0.317 e. The second-order valence-corrected chi connectivity index (χ2v) is 6.39. The molecule has 0 aromatic heterocycles. The summed E-state index contributed by atoms with van der Waals surface area (Å²) < 4.78 is 0. The van der Waals surface area contributed by atoms with Gasteiger partial charge in [0.05, 0.1) is 0 Å². The van der Waals surface area contributed by atoms with Crippen LogP contribution in [0.15, 0.2) is 24.3 Å². The molecule has 2 rings (SSSR count). The summed E-state index contributed by atoms with van der Waals surface area (Å²) in [4.78, 5) is 2.64. The van der Waals surface area contributed by atoms with Crippen molar-refractivity contribution in [3.8, 4) is 0 Å². The Morgan fingerprint density at radius 1 is 1.10 bits per heavy atom. The molecule has 112 valence electrons. The van der Waals surface area contributed by atoms with Gasteiger partial charge in [-0.25, -0.2) is 0 Å². The first-order valence-electron chi connectivity index (χ1n) is 8.21. The smallest absolute Gasteiger partial charge is 0.0236 e. The van der Waals surface area contributed by atoms with Crippen molar-refractivity contribution in [2.75, 3.05) is 19.6 Å². The number of nitrogens with zero attached hydrogens (tertiary/aromatic N) is 1. The van der Waals surface area contributed by atoms with E-state index in [9.17, 15) is 0 Å². The summed E-state index contributed by atoms with van der Waals surface area (Å²) in [7, 11) is 0. The highest BCUT2D eigenvalue weighted by Gasteiger charge is 2.18. The highest BCUT2D eigenvalue weighted by molar-refractivity contribution is 5.22. The number of benzene rings is 1. The van der Waals surface area contributed by atoms with Crippen LogP contribution in [0.4, 0.5) is 0 Å². The molecular formula is C18H30N2. The quantitative estimate of drug-likeness (QED) is 0.854. The van der Waals surface area contributed by atoms with E-state index in [-0.39, 0.29) is 0 Å². The molecule has 1 heterocycles. The zero-order valence-corrected chi connectivity index (χ0v) is 13.4. The van der Waals surface area contributed by atoms with Gasteiger partial charge in [-0.1, -0.05) is 31.2 Å². The molecule has 0 saturated carbocycles. The summed E-state index contributed by atoms with van der Waals surface area (Å²) in [5.74, 6) is 0.869. The van der Waals surface area contributed by atoms with Crippen molar-refractivity contribution in [2.24, 2.45) is 5.92 Å². The van der Waals surface area contributed by atoms with Gasteiger partial charge in [0.25, 0.3) is 0 Å². The van der Waals surface area contributed by atoms with Crippen molar-refractivity contribution in [3.63, 3.8) is 0 Å².